The maximum absolute atomic E-state index is 13.1. The van der Waals surface area contributed by atoms with Gasteiger partial charge in [-0.2, -0.15) is 5.10 Å². The van der Waals surface area contributed by atoms with Crippen molar-refractivity contribution in [2.24, 2.45) is 0 Å². The van der Waals surface area contributed by atoms with E-state index in [2.05, 4.69) is 10.1 Å². The van der Waals surface area contributed by atoms with E-state index in [1.165, 1.54) is 27.3 Å². The van der Waals surface area contributed by atoms with E-state index in [-0.39, 0.29) is 58.8 Å². The molecule has 0 aliphatic heterocycles. The second-order valence-corrected chi connectivity index (χ2v) is 8.56. The number of hydrogen-bond acceptors (Lipinski definition) is 6. The molecule has 1 aromatic carbocycles. The molecule has 1 aliphatic carbocycles. The Labute approximate surface area is 197 Å². The second kappa shape index (κ2) is 9.07. The van der Waals surface area contributed by atoms with E-state index in [1.54, 1.807) is 38.3 Å². The van der Waals surface area contributed by atoms with Crippen LogP contribution in [0, 0.1) is 0 Å². The predicted molar refractivity (Wildman–Crippen MR) is 106 cm³/mol. The summed E-state index contributed by atoms with van der Waals surface area (Å²) in [5.41, 5.74) is 1.85. The van der Waals surface area contributed by atoms with Crippen LogP contribution in [-0.2, 0) is 21.2 Å². The molecule has 0 saturated heterocycles. The molecule has 0 radical (unpaired) electrons. The first-order chi connectivity index (χ1) is 14.0. The Kier molecular flexibility index (Phi) is 6.88. The quantitative estimate of drug-likeness (QED) is 0.469. The molecule has 152 valence electrons. The number of hydrogen-bond donors (Lipinski definition) is 0. The molecule has 1 aliphatic rings. The Morgan fingerprint density at radius 2 is 1.97 bits per heavy atom. The van der Waals surface area contributed by atoms with Crippen molar-refractivity contribution in [1.29, 1.82) is 0 Å². The van der Waals surface area contributed by atoms with E-state index in [0.29, 0.717) is 23.4 Å². The zero-order valence-electron chi connectivity index (χ0n) is 17.1. The van der Waals surface area contributed by atoms with Crippen molar-refractivity contribution in [1.82, 2.24) is 14.8 Å². The number of nitrogens with zero attached hydrogens (tertiary/aromatic N) is 4. The second-order valence-electron chi connectivity index (χ2n) is 6.70. The van der Waals surface area contributed by atoms with Gasteiger partial charge in [0.25, 0.3) is 10.0 Å². The summed E-state index contributed by atoms with van der Waals surface area (Å²) in [6, 6.07) is 11.8. The number of anilines is 1. The van der Waals surface area contributed by atoms with E-state index in [4.69, 9.17) is 4.74 Å². The number of pyridine rings is 1. The number of methoxy groups -OCH3 is 1. The van der Waals surface area contributed by atoms with Crippen molar-refractivity contribution in [3.8, 4) is 11.7 Å². The van der Waals surface area contributed by atoms with Crippen molar-refractivity contribution in [2.75, 3.05) is 18.0 Å². The summed E-state index contributed by atoms with van der Waals surface area (Å²) in [5.74, 6) is 0.0445. The Morgan fingerprint density at radius 1 is 1.23 bits per heavy atom. The first-order valence-corrected chi connectivity index (χ1v) is 10.8. The fourth-order valence-electron chi connectivity index (χ4n) is 3.60. The molecule has 0 saturated carbocycles. The Hall–Kier alpha value is -1.91. The summed E-state index contributed by atoms with van der Waals surface area (Å²) in [4.78, 5) is 4.25. The van der Waals surface area contributed by atoms with Crippen LogP contribution < -0.4 is 39.0 Å². The van der Waals surface area contributed by atoms with Gasteiger partial charge in [-0.25, -0.2) is 18.1 Å². The average Bonchev–Trinajstić information content (AvgIpc) is 3.29. The molecule has 1 atom stereocenters. The molecule has 1 unspecified atom stereocenters. The fourth-order valence-corrected chi connectivity index (χ4v) is 5.02. The smallest absolute Gasteiger partial charge is 0.858 e. The van der Waals surface area contributed by atoms with Crippen LogP contribution in [-0.4, -0.2) is 36.8 Å². The predicted octanol–water partition coefficient (Wildman–Crippen LogP) is -0.806. The zero-order chi connectivity index (χ0) is 20.6. The molecule has 2 aromatic heterocycles. The Morgan fingerprint density at radius 3 is 2.57 bits per heavy atom. The normalized spacial score (nSPS) is 15.5. The van der Waals surface area contributed by atoms with E-state index in [0.717, 1.165) is 6.42 Å². The molecule has 0 fully saturated rings. The Balaban J connectivity index is 0.00000256. The number of ether oxygens (including phenoxy) is 1. The summed E-state index contributed by atoms with van der Waals surface area (Å²) in [6.07, 6.45) is 2.42. The summed E-state index contributed by atoms with van der Waals surface area (Å²) < 4.78 is 34.0. The Bertz CT molecular complexity index is 1120. The van der Waals surface area contributed by atoms with Crippen LogP contribution in [0.2, 0.25) is 0 Å². The van der Waals surface area contributed by atoms with Gasteiger partial charge >= 0.3 is 29.6 Å². The van der Waals surface area contributed by atoms with E-state index < -0.39 is 10.0 Å². The summed E-state index contributed by atoms with van der Waals surface area (Å²) in [7, 11) is -2.19. The van der Waals surface area contributed by atoms with Crippen LogP contribution in [0.3, 0.4) is 0 Å². The van der Waals surface area contributed by atoms with Crippen LogP contribution in [0.1, 0.15) is 30.7 Å². The van der Waals surface area contributed by atoms with Crippen molar-refractivity contribution in [2.45, 2.75) is 30.8 Å². The van der Waals surface area contributed by atoms with Crippen molar-refractivity contribution < 1.29 is 47.8 Å². The zero-order valence-corrected chi connectivity index (χ0v) is 20.0. The maximum Gasteiger partial charge on any atom is 1.00 e. The van der Waals surface area contributed by atoms with E-state index in [1.807, 2.05) is 6.07 Å². The summed E-state index contributed by atoms with van der Waals surface area (Å²) in [6.45, 7) is 2.05. The third-order valence-electron chi connectivity index (χ3n) is 5.07. The molecular weight excluding hydrogens is 415 g/mol. The minimum Gasteiger partial charge on any atom is -0.858 e. The van der Waals surface area contributed by atoms with Gasteiger partial charge in [-0.1, -0.05) is 18.2 Å². The topological polar surface area (TPSA) is 100 Å². The van der Waals surface area contributed by atoms with Crippen LogP contribution in [0.4, 0.5) is 5.69 Å². The minimum absolute atomic E-state index is 0. The largest absolute Gasteiger partial charge is 1.00 e. The fraction of sp³-hybridized carbons (Fsp3) is 0.300. The molecule has 0 amide bonds. The van der Waals surface area contributed by atoms with Crippen LogP contribution in [0.15, 0.2) is 53.6 Å². The third kappa shape index (κ3) is 3.88. The van der Waals surface area contributed by atoms with Gasteiger partial charge in [0, 0.05) is 19.9 Å². The van der Waals surface area contributed by atoms with Gasteiger partial charge in [0.1, 0.15) is 11.0 Å². The van der Waals surface area contributed by atoms with Crippen molar-refractivity contribution in [3.63, 3.8) is 0 Å². The van der Waals surface area contributed by atoms with E-state index >= 15 is 0 Å². The van der Waals surface area contributed by atoms with Crippen molar-refractivity contribution >= 4 is 15.7 Å². The number of rotatable bonds is 6. The van der Waals surface area contributed by atoms with Crippen LogP contribution >= 0.6 is 0 Å². The van der Waals surface area contributed by atoms with E-state index in [9.17, 15) is 13.5 Å². The number of para-hydroxylation sites is 1. The third-order valence-corrected chi connectivity index (χ3v) is 6.96. The first-order valence-electron chi connectivity index (χ1n) is 9.33. The monoisotopic (exact) mass is 436 g/mol. The number of aromatic nitrogens is 3. The molecule has 8 nitrogen and oxygen atoms in total. The molecule has 0 bridgehead atoms. The van der Waals surface area contributed by atoms with Gasteiger partial charge in [-0.15, -0.1) is 0 Å². The molecular formula is C20H21N4NaO4S. The van der Waals surface area contributed by atoms with Gasteiger partial charge in [-0.05, 0) is 55.5 Å². The standard InChI is InChI=1S/C20H22N4O4S.Na/c1-3-23(14-7-5-4-6-8-14)29(26,27)15-9-12-18(21-13-15)24-20(25)16-10-11-17(28-2)19(16)22-24;/h4-9,12-13,17,25H,3,10-11H2,1-2H3;/q;+1/p-1. The molecule has 3 aromatic rings. The first kappa shape index (κ1) is 22.8. The molecule has 0 spiro atoms. The van der Waals surface area contributed by atoms with Gasteiger partial charge in [0.05, 0.1) is 11.4 Å². The van der Waals surface area contributed by atoms with Gasteiger partial charge in [-0.3, -0.25) is 4.31 Å². The van der Waals surface area contributed by atoms with Gasteiger partial charge < -0.3 is 9.84 Å². The van der Waals surface area contributed by atoms with Gasteiger partial charge in [0.2, 0.25) is 0 Å². The minimum atomic E-state index is -3.78. The summed E-state index contributed by atoms with van der Waals surface area (Å²) >= 11 is 0. The average molecular weight is 436 g/mol. The molecule has 10 heteroatoms. The van der Waals surface area contributed by atoms with Gasteiger partial charge in [0.15, 0.2) is 5.82 Å². The molecule has 0 N–H and O–H groups in total. The molecule has 2 heterocycles. The number of benzene rings is 1. The number of sulfonamides is 1. The maximum atomic E-state index is 13.1. The van der Waals surface area contributed by atoms with Crippen molar-refractivity contribution in [3.05, 3.63) is 59.9 Å². The number of fused-ring (bicyclic) bond motifs is 1. The molecule has 30 heavy (non-hydrogen) atoms. The summed E-state index contributed by atoms with van der Waals surface area (Å²) in [5, 5.41) is 17.0. The SMILES string of the molecule is CCN(c1ccccc1)S(=O)(=O)c1ccc(-n2nc3c(c2[O-])CCC3OC)nc1.[Na+]. The van der Waals surface area contributed by atoms with Crippen LogP contribution in [0.5, 0.6) is 5.88 Å². The molecule has 4 rings (SSSR count). The van der Waals surface area contributed by atoms with Crippen LogP contribution in [0.25, 0.3) is 5.82 Å².